The number of benzene rings is 3. The highest BCUT2D eigenvalue weighted by Crippen LogP contribution is 2.26. The second kappa shape index (κ2) is 10.5. The minimum Gasteiger partial charge on any atom is -0.322 e. The lowest BCUT2D eigenvalue weighted by atomic mass is 10.2. The van der Waals surface area contributed by atoms with E-state index >= 15 is 0 Å². The van der Waals surface area contributed by atoms with Crippen LogP contribution in [0.3, 0.4) is 0 Å². The first-order chi connectivity index (χ1) is 15.7. The zero-order valence-corrected chi connectivity index (χ0v) is 19.3. The van der Waals surface area contributed by atoms with Gasteiger partial charge in [0.05, 0.1) is 12.1 Å². The van der Waals surface area contributed by atoms with E-state index in [2.05, 4.69) is 16.0 Å². The molecule has 0 bridgehead atoms. The third kappa shape index (κ3) is 6.08. The Bertz CT molecular complexity index is 1270. The highest BCUT2D eigenvalue weighted by Gasteiger charge is 2.25. The molecule has 9 nitrogen and oxygen atoms in total. The molecular weight excluding hydrogens is 468 g/mol. The summed E-state index contributed by atoms with van der Waals surface area (Å²) in [5.41, 5.74) is 1.54. The van der Waals surface area contributed by atoms with Gasteiger partial charge in [-0.15, -0.1) is 0 Å². The van der Waals surface area contributed by atoms with Crippen LogP contribution in [0.5, 0.6) is 0 Å². The molecule has 0 unspecified atom stereocenters. The van der Waals surface area contributed by atoms with Crippen molar-refractivity contribution in [2.24, 2.45) is 0 Å². The first-order valence-corrected chi connectivity index (χ1v) is 11.4. The molecule has 0 aliphatic carbocycles. The number of carbonyl (C=O) groups is 2. The van der Waals surface area contributed by atoms with E-state index in [1.807, 2.05) is 6.07 Å². The summed E-state index contributed by atoms with van der Waals surface area (Å²) in [5.74, 6) is -0.561. The molecule has 0 aromatic heterocycles. The fraction of sp³-hybridized carbons (Fsp3) is 0.0909. The summed E-state index contributed by atoms with van der Waals surface area (Å²) < 4.78 is 25.7. The van der Waals surface area contributed by atoms with E-state index in [4.69, 9.17) is 16.4 Å². The maximum Gasteiger partial charge on any atom is 0.323 e. The van der Waals surface area contributed by atoms with Gasteiger partial charge in [-0.3, -0.25) is 9.63 Å². The number of anilines is 3. The number of nitrogens with zero attached hydrogens (tertiary/aromatic N) is 1. The van der Waals surface area contributed by atoms with Crippen LogP contribution in [-0.4, -0.2) is 39.0 Å². The van der Waals surface area contributed by atoms with E-state index in [0.717, 1.165) is 6.07 Å². The number of rotatable bonds is 7. The molecule has 0 aliphatic heterocycles. The molecule has 0 saturated carbocycles. The highest BCUT2D eigenvalue weighted by atomic mass is 35.5. The van der Waals surface area contributed by atoms with Gasteiger partial charge in [0.25, 0.3) is 15.9 Å². The molecule has 172 valence electrons. The van der Waals surface area contributed by atoms with E-state index in [1.54, 1.807) is 48.5 Å². The van der Waals surface area contributed by atoms with E-state index in [1.165, 1.54) is 26.3 Å². The van der Waals surface area contributed by atoms with Gasteiger partial charge in [-0.1, -0.05) is 40.3 Å². The van der Waals surface area contributed by atoms with Crippen LogP contribution in [0.25, 0.3) is 0 Å². The van der Waals surface area contributed by atoms with Crippen LogP contribution in [0.1, 0.15) is 10.4 Å². The van der Waals surface area contributed by atoms with Crippen LogP contribution >= 0.6 is 11.6 Å². The van der Waals surface area contributed by atoms with Crippen LogP contribution in [-0.2, 0) is 14.9 Å². The lowest BCUT2D eigenvalue weighted by Gasteiger charge is -2.16. The molecule has 0 aliphatic rings. The number of amides is 3. The molecule has 3 rings (SSSR count). The Morgan fingerprint density at radius 3 is 2.12 bits per heavy atom. The quantitative estimate of drug-likeness (QED) is 0.426. The average Bonchev–Trinajstić information content (AvgIpc) is 2.79. The summed E-state index contributed by atoms with van der Waals surface area (Å²) >= 11 is 6.03. The second-order valence-corrected chi connectivity index (χ2v) is 9.03. The van der Waals surface area contributed by atoms with Crippen LogP contribution in [0.15, 0.2) is 77.7 Å². The Morgan fingerprint density at radius 1 is 0.848 bits per heavy atom. The van der Waals surface area contributed by atoms with Crippen molar-refractivity contribution in [2.75, 3.05) is 30.1 Å². The maximum atomic E-state index is 12.7. The minimum absolute atomic E-state index is 0.0499. The highest BCUT2D eigenvalue weighted by molar-refractivity contribution is 7.89. The number of sulfonamides is 1. The molecule has 33 heavy (non-hydrogen) atoms. The molecule has 0 fully saturated rings. The average molecular weight is 489 g/mol. The predicted molar refractivity (Wildman–Crippen MR) is 127 cm³/mol. The van der Waals surface area contributed by atoms with Gasteiger partial charge in [0.15, 0.2) is 0 Å². The van der Waals surface area contributed by atoms with Gasteiger partial charge < -0.3 is 16.0 Å². The first-order valence-electron chi connectivity index (χ1n) is 9.58. The van der Waals surface area contributed by atoms with Gasteiger partial charge in [-0.25, -0.2) is 13.2 Å². The number of hydrogen-bond donors (Lipinski definition) is 3. The van der Waals surface area contributed by atoms with E-state index < -0.39 is 22.0 Å². The summed E-state index contributed by atoms with van der Waals surface area (Å²) in [6, 6.07) is 18.9. The van der Waals surface area contributed by atoms with Gasteiger partial charge >= 0.3 is 6.03 Å². The molecule has 0 atom stereocenters. The summed E-state index contributed by atoms with van der Waals surface area (Å²) in [5, 5.41) is 8.00. The van der Waals surface area contributed by atoms with Crippen LogP contribution in [0.4, 0.5) is 21.9 Å². The Kier molecular flexibility index (Phi) is 7.67. The maximum absolute atomic E-state index is 12.7. The van der Waals surface area contributed by atoms with Gasteiger partial charge in [0.1, 0.15) is 4.90 Å². The second-order valence-electron chi connectivity index (χ2n) is 6.72. The van der Waals surface area contributed by atoms with E-state index in [-0.39, 0.29) is 15.5 Å². The largest absolute Gasteiger partial charge is 0.323 e. The SMILES string of the molecule is CON(C)S(=O)(=O)c1cc(C(=O)Nc2cccc(NC(=O)Nc3ccccc3)c2)ccc1Cl. The van der Waals surface area contributed by atoms with Crippen LogP contribution in [0.2, 0.25) is 5.02 Å². The zero-order valence-electron chi connectivity index (χ0n) is 17.7. The Morgan fingerprint density at radius 2 is 1.45 bits per heavy atom. The number of halogens is 1. The smallest absolute Gasteiger partial charge is 0.322 e. The molecular formula is C22H21ClN4O5S. The molecule has 0 spiro atoms. The summed E-state index contributed by atoms with van der Waals surface area (Å²) in [7, 11) is -1.64. The van der Waals surface area contributed by atoms with Gasteiger partial charge in [-0.05, 0) is 48.5 Å². The number of para-hydroxylation sites is 1. The van der Waals surface area contributed by atoms with Crippen molar-refractivity contribution in [1.29, 1.82) is 0 Å². The monoisotopic (exact) mass is 488 g/mol. The Labute approximate surface area is 196 Å². The minimum atomic E-state index is -4.05. The lowest BCUT2D eigenvalue weighted by Crippen LogP contribution is -2.26. The topological polar surface area (TPSA) is 117 Å². The summed E-state index contributed by atoms with van der Waals surface area (Å²) in [4.78, 5) is 29.4. The third-order valence-electron chi connectivity index (χ3n) is 4.48. The lowest BCUT2D eigenvalue weighted by molar-refractivity contribution is -0.0258. The van der Waals surface area contributed by atoms with Gasteiger partial charge in [-0.2, -0.15) is 0 Å². The van der Waals surface area contributed by atoms with Crippen molar-refractivity contribution in [3.05, 3.63) is 83.4 Å². The molecule has 0 heterocycles. The molecule has 3 N–H and O–H groups in total. The number of nitrogens with one attached hydrogen (secondary N) is 3. The Balaban J connectivity index is 1.73. The molecule has 0 saturated heterocycles. The number of hydrogen-bond acceptors (Lipinski definition) is 5. The van der Waals surface area contributed by atoms with Crippen LogP contribution in [0, 0.1) is 0 Å². The molecule has 3 amide bonds. The normalized spacial score (nSPS) is 11.2. The van der Waals surface area contributed by atoms with Crippen molar-refractivity contribution in [3.63, 3.8) is 0 Å². The molecule has 11 heteroatoms. The summed E-state index contributed by atoms with van der Waals surface area (Å²) in [6.45, 7) is 0. The van der Waals surface area contributed by atoms with Crippen molar-refractivity contribution < 1.29 is 22.8 Å². The Hall–Kier alpha value is -3.44. The standard InChI is InChI=1S/C22H21ClN4O5S/c1-27(32-2)33(30,31)20-13-15(11-12-19(20)23)21(28)24-17-9-6-10-18(14-17)26-22(29)25-16-7-4-3-5-8-16/h3-14H,1-2H3,(H,24,28)(H2,25,26,29). The number of urea groups is 1. The number of carbonyl (C=O) groups excluding carboxylic acids is 2. The molecule has 0 radical (unpaired) electrons. The van der Waals surface area contributed by atoms with E-state index in [9.17, 15) is 18.0 Å². The third-order valence-corrected chi connectivity index (χ3v) is 6.64. The van der Waals surface area contributed by atoms with Gasteiger partial charge in [0.2, 0.25) is 0 Å². The van der Waals surface area contributed by atoms with Gasteiger partial charge in [0, 0.05) is 29.7 Å². The predicted octanol–water partition coefficient (Wildman–Crippen LogP) is 4.42. The van der Waals surface area contributed by atoms with Crippen LogP contribution < -0.4 is 16.0 Å². The first kappa shape index (κ1) is 24.2. The summed E-state index contributed by atoms with van der Waals surface area (Å²) in [6.07, 6.45) is 0. The number of hydroxylamine groups is 1. The van der Waals surface area contributed by atoms with E-state index in [0.29, 0.717) is 21.5 Å². The molecule has 3 aromatic rings. The fourth-order valence-electron chi connectivity index (χ4n) is 2.77. The van der Waals surface area contributed by atoms with Crippen molar-refractivity contribution in [3.8, 4) is 0 Å². The van der Waals surface area contributed by atoms with Crippen molar-refractivity contribution in [1.82, 2.24) is 4.47 Å². The molecule has 3 aromatic carbocycles. The van der Waals surface area contributed by atoms with Crippen molar-refractivity contribution >= 4 is 50.6 Å². The zero-order chi connectivity index (χ0) is 24.0. The van der Waals surface area contributed by atoms with Crippen molar-refractivity contribution in [2.45, 2.75) is 4.90 Å². The fourth-order valence-corrected chi connectivity index (χ4v) is 4.25.